The lowest BCUT2D eigenvalue weighted by atomic mass is 10.2. The summed E-state index contributed by atoms with van der Waals surface area (Å²) in [7, 11) is 0. The van der Waals surface area contributed by atoms with Crippen LogP contribution in [0.1, 0.15) is 43.0 Å². The Morgan fingerprint density at radius 1 is 1.50 bits per heavy atom. The van der Waals surface area contributed by atoms with Gasteiger partial charge in [-0.15, -0.1) is 12.3 Å². The van der Waals surface area contributed by atoms with Gasteiger partial charge in [-0.2, -0.15) is 0 Å². The van der Waals surface area contributed by atoms with E-state index < -0.39 is 0 Å². The lowest BCUT2D eigenvalue weighted by Crippen LogP contribution is -2.21. The quantitative estimate of drug-likeness (QED) is 0.601. The first-order chi connectivity index (χ1) is 7.92. The Bertz CT molecular complexity index is 379. The van der Waals surface area contributed by atoms with Crippen molar-refractivity contribution in [2.75, 3.05) is 6.54 Å². The number of aromatic nitrogens is 1. The Hall–Kier alpha value is -1.33. The Kier molecular flexibility index (Phi) is 3.96. The van der Waals surface area contributed by atoms with E-state index in [1.807, 2.05) is 12.3 Å². The van der Waals surface area contributed by atoms with Crippen molar-refractivity contribution >= 4 is 0 Å². The highest BCUT2D eigenvalue weighted by Gasteiger charge is 2.22. The lowest BCUT2D eigenvalue weighted by Gasteiger charge is -2.12. The smallest absolute Gasteiger partial charge is 0.0605 e. The summed E-state index contributed by atoms with van der Waals surface area (Å²) in [5.41, 5.74) is 2.66. The summed E-state index contributed by atoms with van der Waals surface area (Å²) in [4.78, 5) is 4.46. The average Bonchev–Trinajstić information content (AvgIpc) is 2.73. The molecule has 84 valence electrons. The third-order valence-electron chi connectivity index (χ3n) is 3.10. The largest absolute Gasteiger partial charge is 0.309 e. The van der Waals surface area contributed by atoms with Crippen LogP contribution in [0.25, 0.3) is 0 Å². The van der Waals surface area contributed by atoms with E-state index in [9.17, 15) is 0 Å². The number of unbranched alkanes of at least 4 members (excludes halogenated alkanes) is 2. The van der Waals surface area contributed by atoms with Gasteiger partial charge in [0.15, 0.2) is 0 Å². The number of hydrogen-bond donors (Lipinski definition) is 1. The first-order valence-corrected chi connectivity index (χ1v) is 6.02. The van der Waals surface area contributed by atoms with Crippen molar-refractivity contribution in [2.24, 2.45) is 0 Å². The second-order valence-corrected chi connectivity index (χ2v) is 4.25. The maximum atomic E-state index is 5.22. The van der Waals surface area contributed by atoms with Crippen molar-refractivity contribution in [1.29, 1.82) is 0 Å². The number of nitrogens with one attached hydrogen (secondary N) is 1. The standard InChI is InChI=1S/C14H18N2/c1-2-3-4-5-10-15-13-9-8-12-7-6-11-16-14(12)13/h1,6-7,11,13,15H,3-5,8-10H2. The van der Waals surface area contributed by atoms with Crippen LogP contribution in [0.5, 0.6) is 0 Å². The van der Waals surface area contributed by atoms with Gasteiger partial charge in [0.25, 0.3) is 0 Å². The number of hydrogen-bond acceptors (Lipinski definition) is 2. The van der Waals surface area contributed by atoms with Crippen LogP contribution in [0, 0.1) is 12.3 Å². The first-order valence-electron chi connectivity index (χ1n) is 6.02. The van der Waals surface area contributed by atoms with Gasteiger partial charge in [-0.05, 0) is 43.9 Å². The minimum atomic E-state index is 0.460. The Labute approximate surface area is 97.5 Å². The molecular weight excluding hydrogens is 196 g/mol. The monoisotopic (exact) mass is 214 g/mol. The van der Waals surface area contributed by atoms with Crippen molar-refractivity contribution in [2.45, 2.75) is 38.1 Å². The number of aryl methyl sites for hydroxylation is 1. The second kappa shape index (κ2) is 5.67. The van der Waals surface area contributed by atoms with Crippen molar-refractivity contribution in [3.63, 3.8) is 0 Å². The predicted octanol–water partition coefficient (Wildman–Crippen LogP) is 2.46. The van der Waals surface area contributed by atoms with Crippen LogP contribution in [0.4, 0.5) is 0 Å². The van der Waals surface area contributed by atoms with E-state index >= 15 is 0 Å². The van der Waals surface area contributed by atoms with E-state index in [4.69, 9.17) is 6.42 Å². The van der Waals surface area contributed by atoms with Gasteiger partial charge in [0, 0.05) is 12.6 Å². The zero-order valence-corrected chi connectivity index (χ0v) is 9.58. The first kappa shape index (κ1) is 11.2. The average molecular weight is 214 g/mol. The van der Waals surface area contributed by atoms with Crippen molar-refractivity contribution in [3.8, 4) is 12.3 Å². The second-order valence-electron chi connectivity index (χ2n) is 4.25. The Balaban J connectivity index is 1.78. The molecule has 1 aliphatic rings. The van der Waals surface area contributed by atoms with E-state index in [1.165, 1.54) is 17.7 Å². The molecule has 0 saturated carbocycles. The number of rotatable bonds is 5. The van der Waals surface area contributed by atoms with Gasteiger partial charge in [-0.1, -0.05) is 6.07 Å². The maximum Gasteiger partial charge on any atom is 0.0605 e. The molecule has 0 aliphatic heterocycles. The summed E-state index contributed by atoms with van der Waals surface area (Å²) in [6.07, 6.45) is 12.6. The number of pyridine rings is 1. The molecule has 0 radical (unpaired) electrons. The summed E-state index contributed by atoms with van der Waals surface area (Å²) >= 11 is 0. The maximum absolute atomic E-state index is 5.22. The molecule has 2 rings (SSSR count). The molecule has 1 unspecified atom stereocenters. The van der Waals surface area contributed by atoms with E-state index in [0.717, 1.165) is 32.2 Å². The van der Waals surface area contributed by atoms with Gasteiger partial charge in [0.05, 0.1) is 11.7 Å². The molecule has 0 saturated heterocycles. The summed E-state index contributed by atoms with van der Waals surface area (Å²) in [5, 5.41) is 3.57. The van der Waals surface area contributed by atoms with Crippen molar-refractivity contribution < 1.29 is 0 Å². The van der Waals surface area contributed by atoms with Gasteiger partial charge in [-0.3, -0.25) is 4.98 Å². The van der Waals surface area contributed by atoms with Gasteiger partial charge in [0.2, 0.25) is 0 Å². The zero-order chi connectivity index (χ0) is 11.2. The highest BCUT2D eigenvalue weighted by Crippen LogP contribution is 2.28. The number of fused-ring (bicyclic) bond motifs is 1. The molecule has 0 fully saturated rings. The summed E-state index contributed by atoms with van der Waals surface area (Å²) < 4.78 is 0. The highest BCUT2D eigenvalue weighted by atomic mass is 14.9. The molecule has 2 heteroatoms. The molecule has 0 aromatic carbocycles. The molecule has 16 heavy (non-hydrogen) atoms. The molecule has 1 aromatic rings. The fourth-order valence-corrected chi connectivity index (χ4v) is 2.24. The number of nitrogens with zero attached hydrogens (tertiary/aromatic N) is 1. The lowest BCUT2D eigenvalue weighted by molar-refractivity contribution is 0.507. The third kappa shape index (κ3) is 2.62. The summed E-state index contributed by atoms with van der Waals surface area (Å²) in [6, 6.07) is 4.67. The molecule has 1 aromatic heterocycles. The molecule has 2 nitrogen and oxygen atoms in total. The highest BCUT2D eigenvalue weighted by molar-refractivity contribution is 5.27. The van der Waals surface area contributed by atoms with Crippen LogP contribution in [0.15, 0.2) is 18.3 Å². The fraction of sp³-hybridized carbons (Fsp3) is 0.500. The van der Waals surface area contributed by atoms with Gasteiger partial charge in [0.1, 0.15) is 0 Å². The van der Waals surface area contributed by atoms with Crippen molar-refractivity contribution in [3.05, 3.63) is 29.6 Å². The van der Waals surface area contributed by atoms with Crippen LogP contribution >= 0.6 is 0 Å². The minimum Gasteiger partial charge on any atom is -0.309 e. The summed E-state index contributed by atoms with van der Waals surface area (Å²) in [6.45, 7) is 1.04. The minimum absolute atomic E-state index is 0.460. The molecule has 1 aliphatic carbocycles. The zero-order valence-electron chi connectivity index (χ0n) is 9.58. The van der Waals surface area contributed by atoms with Crippen LogP contribution in [0.2, 0.25) is 0 Å². The molecule has 1 atom stereocenters. The fourth-order valence-electron chi connectivity index (χ4n) is 2.24. The molecule has 1 heterocycles. The van der Waals surface area contributed by atoms with Gasteiger partial charge in [-0.25, -0.2) is 0 Å². The third-order valence-corrected chi connectivity index (χ3v) is 3.10. The van der Waals surface area contributed by atoms with E-state index in [2.05, 4.69) is 22.3 Å². The van der Waals surface area contributed by atoms with Crippen LogP contribution in [-0.4, -0.2) is 11.5 Å². The van der Waals surface area contributed by atoms with E-state index in [-0.39, 0.29) is 0 Å². The predicted molar refractivity (Wildman–Crippen MR) is 66.0 cm³/mol. The van der Waals surface area contributed by atoms with E-state index in [0.29, 0.717) is 6.04 Å². The van der Waals surface area contributed by atoms with Crippen LogP contribution in [-0.2, 0) is 6.42 Å². The Morgan fingerprint density at radius 3 is 3.31 bits per heavy atom. The van der Waals surface area contributed by atoms with Crippen LogP contribution in [0.3, 0.4) is 0 Å². The Morgan fingerprint density at radius 2 is 2.44 bits per heavy atom. The topological polar surface area (TPSA) is 24.9 Å². The SMILES string of the molecule is C#CCCCCNC1CCc2cccnc21. The molecule has 1 N–H and O–H groups in total. The van der Waals surface area contributed by atoms with Crippen molar-refractivity contribution in [1.82, 2.24) is 10.3 Å². The normalized spacial score (nSPS) is 18.1. The van der Waals surface area contributed by atoms with Gasteiger partial charge < -0.3 is 5.32 Å². The molecule has 0 bridgehead atoms. The van der Waals surface area contributed by atoms with Crippen LogP contribution < -0.4 is 5.32 Å². The number of terminal acetylenes is 1. The molecule has 0 amide bonds. The molecular formula is C14H18N2. The molecule has 0 spiro atoms. The van der Waals surface area contributed by atoms with E-state index in [1.54, 1.807) is 0 Å². The summed E-state index contributed by atoms with van der Waals surface area (Å²) in [5.74, 6) is 2.67. The van der Waals surface area contributed by atoms with Gasteiger partial charge >= 0.3 is 0 Å².